The predicted molar refractivity (Wildman–Crippen MR) is 107 cm³/mol. The van der Waals surface area contributed by atoms with Gasteiger partial charge < -0.3 is 9.80 Å². The Bertz CT molecular complexity index is 746. The van der Waals surface area contributed by atoms with Crippen molar-refractivity contribution in [3.63, 3.8) is 0 Å². The van der Waals surface area contributed by atoms with E-state index in [0.29, 0.717) is 23.0 Å². The number of carbonyl (C=O) groups excluding carboxylic acids is 1. The SMILES string of the molecule is CC(CN(C)C(=O)Cc1ccc(Cl)c(Cl)c1)c1cccc(N(C)C)c1. The minimum Gasteiger partial charge on any atom is -0.378 e. The van der Waals surface area contributed by atoms with E-state index < -0.39 is 0 Å². The van der Waals surface area contributed by atoms with Crippen LogP contribution in [0.2, 0.25) is 10.0 Å². The van der Waals surface area contributed by atoms with Crippen molar-refractivity contribution >= 4 is 34.8 Å². The predicted octanol–water partition coefficient (Wildman–Crippen LogP) is 4.86. The molecule has 25 heavy (non-hydrogen) atoms. The Balaban J connectivity index is 2.00. The Hall–Kier alpha value is -1.71. The lowest BCUT2D eigenvalue weighted by Crippen LogP contribution is -2.31. The van der Waals surface area contributed by atoms with Crippen LogP contribution in [-0.2, 0) is 11.2 Å². The molecule has 0 heterocycles. The van der Waals surface area contributed by atoms with Crippen molar-refractivity contribution in [2.24, 2.45) is 0 Å². The van der Waals surface area contributed by atoms with E-state index >= 15 is 0 Å². The van der Waals surface area contributed by atoms with E-state index in [9.17, 15) is 4.79 Å². The number of hydrogen-bond donors (Lipinski definition) is 0. The molecule has 1 amide bonds. The topological polar surface area (TPSA) is 23.6 Å². The first-order valence-corrected chi connectivity index (χ1v) is 8.98. The number of rotatable bonds is 6. The van der Waals surface area contributed by atoms with Gasteiger partial charge >= 0.3 is 0 Å². The first-order valence-electron chi connectivity index (χ1n) is 8.23. The van der Waals surface area contributed by atoms with Crippen molar-refractivity contribution in [3.8, 4) is 0 Å². The Kier molecular flexibility index (Phi) is 6.74. The molecular weight excluding hydrogens is 355 g/mol. The van der Waals surface area contributed by atoms with Crippen LogP contribution in [0.4, 0.5) is 5.69 Å². The van der Waals surface area contributed by atoms with Gasteiger partial charge in [0.15, 0.2) is 0 Å². The second-order valence-corrected chi connectivity index (χ2v) is 7.40. The molecule has 3 nitrogen and oxygen atoms in total. The van der Waals surface area contributed by atoms with Gasteiger partial charge in [0.25, 0.3) is 0 Å². The van der Waals surface area contributed by atoms with Crippen molar-refractivity contribution in [3.05, 3.63) is 63.6 Å². The number of nitrogens with zero attached hydrogens (tertiary/aromatic N) is 2. The third kappa shape index (κ3) is 5.38. The lowest BCUT2D eigenvalue weighted by molar-refractivity contribution is -0.129. The third-order valence-corrected chi connectivity index (χ3v) is 5.01. The van der Waals surface area contributed by atoms with Crippen LogP contribution < -0.4 is 4.90 Å². The Morgan fingerprint density at radius 1 is 1.04 bits per heavy atom. The molecule has 0 radical (unpaired) electrons. The molecular formula is C20H24Cl2N2O. The zero-order valence-electron chi connectivity index (χ0n) is 15.1. The lowest BCUT2D eigenvalue weighted by Gasteiger charge is -2.23. The Labute approximate surface area is 160 Å². The third-order valence-electron chi connectivity index (χ3n) is 4.27. The first kappa shape index (κ1) is 19.6. The zero-order chi connectivity index (χ0) is 18.6. The van der Waals surface area contributed by atoms with Crippen molar-refractivity contribution in [1.29, 1.82) is 0 Å². The van der Waals surface area contributed by atoms with Gasteiger partial charge in [-0.25, -0.2) is 0 Å². The summed E-state index contributed by atoms with van der Waals surface area (Å²) in [5.41, 5.74) is 3.25. The van der Waals surface area contributed by atoms with E-state index in [4.69, 9.17) is 23.2 Å². The smallest absolute Gasteiger partial charge is 0.226 e. The first-order chi connectivity index (χ1) is 11.8. The van der Waals surface area contributed by atoms with Crippen LogP contribution in [0.3, 0.4) is 0 Å². The van der Waals surface area contributed by atoms with Crippen molar-refractivity contribution in [1.82, 2.24) is 4.90 Å². The molecule has 134 valence electrons. The van der Waals surface area contributed by atoms with Crippen LogP contribution in [0.5, 0.6) is 0 Å². The molecule has 0 fully saturated rings. The molecule has 1 unspecified atom stereocenters. The maximum atomic E-state index is 12.5. The van der Waals surface area contributed by atoms with Gasteiger partial charge in [0, 0.05) is 33.4 Å². The molecule has 0 aliphatic carbocycles. The van der Waals surface area contributed by atoms with Crippen LogP contribution in [0.25, 0.3) is 0 Å². The molecule has 0 saturated heterocycles. The summed E-state index contributed by atoms with van der Waals surface area (Å²) >= 11 is 11.9. The maximum Gasteiger partial charge on any atom is 0.226 e. The van der Waals surface area contributed by atoms with Gasteiger partial charge in [-0.3, -0.25) is 4.79 Å². The Morgan fingerprint density at radius 2 is 1.76 bits per heavy atom. The van der Waals surface area contributed by atoms with Crippen molar-refractivity contribution in [2.45, 2.75) is 19.3 Å². The van der Waals surface area contributed by atoms with E-state index in [1.165, 1.54) is 5.56 Å². The van der Waals surface area contributed by atoms with E-state index in [-0.39, 0.29) is 11.8 Å². The normalized spacial score (nSPS) is 11.9. The van der Waals surface area contributed by atoms with Gasteiger partial charge in [0.2, 0.25) is 5.91 Å². The van der Waals surface area contributed by atoms with Gasteiger partial charge in [0.05, 0.1) is 16.5 Å². The van der Waals surface area contributed by atoms with E-state index in [1.54, 1.807) is 17.0 Å². The summed E-state index contributed by atoms with van der Waals surface area (Å²) in [5, 5.41) is 0.976. The molecule has 0 saturated carbocycles. The van der Waals surface area contributed by atoms with Crippen LogP contribution in [-0.4, -0.2) is 38.5 Å². The molecule has 0 bridgehead atoms. The summed E-state index contributed by atoms with van der Waals surface area (Å²) in [6.07, 6.45) is 0.317. The molecule has 0 aromatic heterocycles. The number of amides is 1. The van der Waals surface area contributed by atoms with Gasteiger partial charge in [-0.15, -0.1) is 0 Å². The molecule has 0 aliphatic rings. The highest BCUT2D eigenvalue weighted by Gasteiger charge is 2.15. The number of benzene rings is 2. The summed E-state index contributed by atoms with van der Waals surface area (Å²) in [4.78, 5) is 16.3. The number of carbonyl (C=O) groups is 1. The molecule has 2 aromatic carbocycles. The molecule has 5 heteroatoms. The highest BCUT2D eigenvalue weighted by atomic mass is 35.5. The van der Waals surface area contributed by atoms with Crippen LogP contribution in [0, 0.1) is 0 Å². The van der Waals surface area contributed by atoms with E-state index in [0.717, 1.165) is 11.3 Å². The molecule has 0 spiro atoms. The summed E-state index contributed by atoms with van der Waals surface area (Å²) in [5.74, 6) is 0.316. The van der Waals surface area contributed by atoms with E-state index in [2.05, 4.69) is 36.1 Å². The number of likely N-dealkylation sites (N-methyl/N-ethyl adjacent to an activating group) is 1. The fraction of sp³-hybridized carbons (Fsp3) is 0.350. The molecule has 1 atom stereocenters. The van der Waals surface area contributed by atoms with Gasteiger partial charge in [-0.1, -0.05) is 48.3 Å². The van der Waals surface area contributed by atoms with E-state index in [1.807, 2.05) is 27.2 Å². The van der Waals surface area contributed by atoms with Crippen LogP contribution in [0.15, 0.2) is 42.5 Å². The number of hydrogen-bond acceptors (Lipinski definition) is 2. The molecule has 2 aromatic rings. The standard InChI is InChI=1S/C20H24Cl2N2O/c1-14(16-6-5-7-17(12-16)23(2)3)13-24(4)20(25)11-15-8-9-18(21)19(22)10-15/h5-10,12,14H,11,13H2,1-4H3. The Morgan fingerprint density at radius 3 is 2.40 bits per heavy atom. The van der Waals surface area contributed by atoms with Crippen LogP contribution >= 0.6 is 23.2 Å². The summed E-state index contributed by atoms with van der Waals surface area (Å²) in [6.45, 7) is 2.80. The lowest BCUT2D eigenvalue weighted by atomic mass is 9.99. The monoisotopic (exact) mass is 378 g/mol. The average molecular weight is 379 g/mol. The molecule has 0 aliphatic heterocycles. The van der Waals surface area contributed by atoms with Gasteiger partial charge in [-0.2, -0.15) is 0 Å². The minimum atomic E-state index is 0.0639. The summed E-state index contributed by atoms with van der Waals surface area (Å²) in [7, 11) is 5.89. The second kappa shape index (κ2) is 8.59. The summed E-state index contributed by atoms with van der Waals surface area (Å²) in [6, 6.07) is 13.7. The average Bonchev–Trinajstić information content (AvgIpc) is 2.58. The molecule has 2 rings (SSSR count). The van der Waals surface area contributed by atoms with Crippen molar-refractivity contribution in [2.75, 3.05) is 32.6 Å². The quantitative estimate of drug-likeness (QED) is 0.715. The van der Waals surface area contributed by atoms with Gasteiger partial charge in [-0.05, 0) is 41.3 Å². The summed E-state index contributed by atoms with van der Waals surface area (Å²) < 4.78 is 0. The largest absolute Gasteiger partial charge is 0.378 e. The minimum absolute atomic E-state index is 0.0639. The zero-order valence-corrected chi connectivity index (χ0v) is 16.6. The fourth-order valence-electron chi connectivity index (χ4n) is 2.69. The fourth-order valence-corrected chi connectivity index (χ4v) is 3.01. The maximum absolute atomic E-state index is 12.5. The van der Waals surface area contributed by atoms with Crippen LogP contribution in [0.1, 0.15) is 24.0 Å². The number of anilines is 1. The van der Waals surface area contributed by atoms with Crippen molar-refractivity contribution < 1.29 is 4.79 Å². The highest BCUT2D eigenvalue weighted by Crippen LogP contribution is 2.24. The van der Waals surface area contributed by atoms with Gasteiger partial charge in [0.1, 0.15) is 0 Å². The molecule has 0 N–H and O–H groups in total. The number of halogens is 2. The highest BCUT2D eigenvalue weighted by molar-refractivity contribution is 6.42. The second-order valence-electron chi connectivity index (χ2n) is 6.59.